The van der Waals surface area contributed by atoms with Crippen molar-refractivity contribution in [2.24, 2.45) is 10.9 Å². The third kappa shape index (κ3) is 2.44. The van der Waals surface area contributed by atoms with Crippen molar-refractivity contribution in [2.75, 3.05) is 0 Å². The SMILES string of the molecule is C=CCn1/c(=N/N)sc2ccccc21.Cl.O. The van der Waals surface area contributed by atoms with Crippen molar-refractivity contribution in [3.63, 3.8) is 0 Å². The van der Waals surface area contributed by atoms with Crippen molar-refractivity contribution in [1.82, 2.24) is 4.57 Å². The van der Waals surface area contributed by atoms with E-state index in [1.54, 1.807) is 11.3 Å². The van der Waals surface area contributed by atoms with E-state index in [0.29, 0.717) is 0 Å². The molecule has 1 aromatic heterocycles. The monoisotopic (exact) mass is 259 g/mol. The molecule has 2 aromatic rings. The standard InChI is InChI=1S/C10H11N3S.ClH.H2O/c1-2-7-13-8-5-3-4-6-9(8)14-10(13)12-11;;/h2-6H,1,7,11H2;1H;1H2/b12-10-;;. The molecule has 0 saturated carbocycles. The average Bonchev–Trinajstić information content (AvgIpc) is 2.58. The number of thiazole rings is 1. The van der Waals surface area contributed by atoms with Gasteiger partial charge in [-0.3, -0.25) is 0 Å². The number of benzene rings is 1. The number of allylic oxidation sites excluding steroid dienone is 1. The summed E-state index contributed by atoms with van der Waals surface area (Å²) in [4.78, 5) is 0.825. The van der Waals surface area contributed by atoms with Crippen LogP contribution in [0.5, 0.6) is 0 Å². The smallest absolute Gasteiger partial charge is 0.208 e. The minimum Gasteiger partial charge on any atom is -0.412 e. The number of nitrogens with two attached hydrogens (primary N) is 1. The Morgan fingerprint density at radius 3 is 2.75 bits per heavy atom. The Kier molecular flexibility index (Phi) is 5.81. The van der Waals surface area contributed by atoms with Crippen LogP contribution >= 0.6 is 23.7 Å². The summed E-state index contributed by atoms with van der Waals surface area (Å²) in [6.45, 7) is 4.46. The Morgan fingerprint density at radius 2 is 2.12 bits per heavy atom. The lowest BCUT2D eigenvalue weighted by Gasteiger charge is -1.98. The minimum atomic E-state index is 0. The molecule has 0 aliphatic heterocycles. The van der Waals surface area contributed by atoms with Crippen molar-refractivity contribution in [3.05, 3.63) is 41.7 Å². The molecule has 0 amide bonds. The second kappa shape index (κ2) is 6.32. The van der Waals surface area contributed by atoms with Crippen molar-refractivity contribution in [2.45, 2.75) is 6.54 Å². The molecule has 0 atom stereocenters. The molecule has 6 heteroatoms. The van der Waals surface area contributed by atoms with Gasteiger partial charge in [0.05, 0.1) is 10.2 Å². The van der Waals surface area contributed by atoms with Crippen LogP contribution in [0, 0.1) is 0 Å². The van der Waals surface area contributed by atoms with E-state index >= 15 is 0 Å². The molecular formula is C10H14ClN3OS. The Morgan fingerprint density at radius 1 is 1.44 bits per heavy atom. The summed E-state index contributed by atoms with van der Waals surface area (Å²) in [5.74, 6) is 5.33. The maximum atomic E-state index is 5.33. The van der Waals surface area contributed by atoms with Crippen LogP contribution in [0.4, 0.5) is 0 Å². The van der Waals surface area contributed by atoms with Gasteiger partial charge in [-0.2, -0.15) is 5.10 Å². The van der Waals surface area contributed by atoms with E-state index in [2.05, 4.69) is 23.8 Å². The zero-order valence-electron chi connectivity index (χ0n) is 8.59. The molecule has 0 fully saturated rings. The van der Waals surface area contributed by atoms with E-state index in [1.807, 2.05) is 22.8 Å². The lowest BCUT2D eigenvalue weighted by molar-refractivity contribution is 0.810. The summed E-state index contributed by atoms with van der Waals surface area (Å²) in [6.07, 6.45) is 1.84. The van der Waals surface area contributed by atoms with Gasteiger partial charge in [0.25, 0.3) is 0 Å². The van der Waals surface area contributed by atoms with E-state index in [9.17, 15) is 0 Å². The normalized spacial score (nSPS) is 10.6. The highest BCUT2D eigenvalue weighted by molar-refractivity contribution is 7.16. The second-order valence-electron chi connectivity index (χ2n) is 2.88. The fraction of sp³-hybridized carbons (Fsp3) is 0.100. The second-order valence-corrected chi connectivity index (χ2v) is 3.89. The van der Waals surface area contributed by atoms with E-state index in [4.69, 9.17) is 5.84 Å². The third-order valence-corrected chi connectivity index (χ3v) is 3.08. The number of para-hydroxylation sites is 1. The summed E-state index contributed by atoms with van der Waals surface area (Å²) < 4.78 is 3.24. The van der Waals surface area contributed by atoms with Crippen molar-refractivity contribution >= 4 is 34.0 Å². The summed E-state index contributed by atoms with van der Waals surface area (Å²) in [5.41, 5.74) is 1.15. The quantitative estimate of drug-likeness (QED) is 0.492. The third-order valence-electron chi connectivity index (χ3n) is 2.01. The Labute approximate surface area is 103 Å². The van der Waals surface area contributed by atoms with Crippen LogP contribution in [0.3, 0.4) is 0 Å². The van der Waals surface area contributed by atoms with E-state index in [0.717, 1.165) is 16.9 Å². The number of hydrogen-bond donors (Lipinski definition) is 1. The number of fused-ring (bicyclic) bond motifs is 1. The van der Waals surface area contributed by atoms with E-state index in [1.165, 1.54) is 4.70 Å². The van der Waals surface area contributed by atoms with Gasteiger partial charge in [-0.05, 0) is 12.1 Å². The topological polar surface area (TPSA) is 74.8 Å². The highest BCUT2D eigenvalue weighted by atomic mass is 35.5. The van der Waals surface area contributed by atoms with Gasteiger partial charge in [-0.15, -0.1) is 19.0 Å². The lowest BCUT2D eigenvalue weighted by Crippen LogP contribution is -2.15. The molecule has 4 nitrogen and oxygen atoms in total. The van der Waals surface area contributed by atoms with Crippen molar-refractivity contribution < 1.29 is 5.48 Å². The fourth-order valence-corrected chi connectivity index (χ4v) is 2.39. The molecule has 16 heavy (non-hydrogen) atoms. The molecule has 0 aliphatic carbocycles. The summed E-state index contributed by atoms with van der Waals surface area (Å²) in [6, 6.07) is 8.14. The molecule has 1 heterocycles. The van der Waals surface area contributed by atoms with E-state index in [-0.39, 0.29) is 17.9 Å². The van der Waals surface area contributed by atoms with Crippen LogP contribution in [0.2, 0.25) is 0 Å². The average molecular weight is 260 g/mol. The molecule has 4 N–H and O–H groups in total. The Bertz CT molecular complexity index is 532. The van der Waals surface area contributed by atoms with Crippen LogP contribution < -0.4 is 10.6 Å². The van der Waals surface area contributed by atoms with Gasteiger partial charge in [-0.25, -0.2) is 0 Å². The van der Waals surface area contributed by atoms with Crippen molar-refractivity contribution in [1.29, 1.82) is 0 Å². The molecule has 0 radical (unpaired) electrons. The molecule has 0 saturated heterocycles. The first-order valence-corrected chi connectivity index (χ1v) is 5.11. The largest absolute Gasteiger partial charge is 0.412 e. The number of hydrogen-bond acceptors (Lipinski definition) is 3. The van der Waals surface area contributed by atoms with Gasteiger partial charge in [0, 0.05) is 6.54 Å². The fourth-order valence-electron chi connectivity index (χ4n) is 1.42. The molecule has 1 aromatic carbocycles. The maximum Gasteiger partial charge on any atom is 0.208 e. The first-order valence-electron chi connectivity index (χ1n) is 4.30. The van der Waals surface area contributed by atoms with Gasteiger partial charge in [0.2, 0.25) is 4.80 Å². The summed E-state index contributed by atoms with van der Waals surface area (Å²) in [7, 11) is 0. The number of halogens is 1. The van der Waals surface area contributed by atoms with Gasteiger partial charge in [-0.1, -0.05) is 29.5 Å². The summed E-state index contributed by atoms with van der Waals surface area (Å²) in [5, 5.41) is 3.76. The maximum absolute atomic E-state index is 5.33. The number of aromatic nitrogens is 1. The van der Waals surface area contributed by atoms with Gasteiger partial charge in [0.1, 0.15) is 0 Å². The highest BCUT2D eigenvalue weighted by Gasteiger charge is 2.02. The molecule has 0 spiro atoms. The van der Waals surface area contributed by atoms with Crippen LogP contribution in [0.1, 0.15) is 0 Å². The zero-order valence-corrected chi connectivity index (χ0v) is 10.2. The molecular weight excluding hydrogens is 246 g/mol. The van der Waals surface area contributed by atoms with Crippen molar-refractivity contribution in [3.8, 4) is 0 Å². The highest BCUT2D eigenvalue weighted by Crippen LogP contribution is 2.16. The van der Waals surface area contributed by atoms with Crippen LogP contribution in [-0.2, 0) is 6.54 Å². The predicted octanol–water partition coefficient (Wildman–Crippen LogP) is 1.26. The molecule has 88 valence electrons. The minimum absolute atomic E-state index is 0. The number of nitrogens with zero attached hydrogens (tertiary/aromatic N) is 2. The van der Waals surface area contributed by atoms with Crippen LogP contribution in [-0.4, -0.2) is 10.0 Å². The Hall–Kier alpha value is -1.30. The van der Waals surface area contributed by atoms with Gasteiger partial charge >= 0.3 is 0 Å². The first kappa shape index (κ1) is 14.7. The summed E-state index contributed by atoms with van der Waals surface area (Å²) >= 11 is 1.59. The zero-order chi connectivity index (χ0) is 9.97. The van der Waals surface area contributed by atoms with Gasteiger partial charge < -0.3 is 15.9 Å². The molecule has 0 unspecified atom stereocenters. The number of rotatable bonds is 2. The predicted molar refractivity (Wildman–Crippen MR) is 70.6 cm³/mol. The molecule has 2 rings (SSSR count). The van der Waals surface area contributed by atoms with E-state index < -0.39 is 0 Å². The molecule has 0 aliphatic rings. The van der Waals surface area contributed by atoms with Crippen LogP contribution in [0.25, 0.3) is 10.2 Å². The first-order chi connectivity index (χ1) is 6.86. The molecule has 0 bridgehead atoms. The van der Waals surface area contributed by atoms with Gasteiger partial charge in [0.15, 0.2) is 0 Å². The Balaban J connectivity index is 0.00000112. The lowest BCUT2D eigenvalue weighted by atomic mass is 10.3. The van der Waals surface area contributed by atoms with Crippen LogP contribution in [0.15, 0.2) is 42.0 Å².